The highest BCUT2D eigenvalue weighted by atomic mass is 14.3. The Bertz CT molecular complexity index is 2290. The molecule has 0 aromatic heterocycles. The van der Waals surface area contributed by atoms with Crippen molar-refractivity contribution in [1.82, 2.24) is 0 Å². The van der Waals surface area contributed by atoms with Crippen molar-refractivity contribution >= 4 is 43.1 Å². The Balaban J connectivity index is 1.43. The van der Waals surface area contributed by atoms with Crippen LogP contribution in [-0.2, 0) is 0 Å². The van der Waals surface area contributed by atoms with Crippen LogP contribution in [0.1, 0.15) is 0 Å². The zero-order valence-corrected chi connectivity index (χ0v) is 21.9. The molecule has 0 bridgehead atoms. The molecule has 0 radical (unpaired) electrons. The summed E-state index contributed by atoms with van der Waals surface area (Å²) in [5.74, 6) is 0. The number of benzene rings is 8. The predicted molar refractivity (Wildman–Crippen MR) is 172 cm³/mol. The molecule has 0 unspecified atom stereocenters. The zero-order chi connectivity index (χ0) is 26.2. The van der Waals surface area contributed by atoms with Crippen molar-refractivity contribution in [3.05, 3.63) is 146 Å². The SMILES string of the molecule is c1ccc(-c2ccc(-c3ccccc3)c3cc4c(cc23)-c2cccc3c2c-4cc2c4ccccc4ccc32)cc1. The maximum atomic E-state index is 2.46. The van der Waals surface area contributed by atoms with Gasteiger partial charge in [0, 0.05) is 0 Å². The fourth-order valence-corrected chi connectivity index (χ4v) is 6.98. The van der Waals surface area contributed by atoms with Crippen LogP contribution < -0.4 is 0 Å². The average Bonchev–Trinajstić information content (AvgIpc) is 3.34. The summed E-state index contributed by atoms with van der Waals surface area (Å²) >= 11 is 0. The Kier molecular flexibility index (Phi) is 4.42. The summed E-state index contributed by atoms with van der Waals surface area (Å²) < 4.78 is 0. The van der Waals surface area contributed by atoms with Crippen molar-refractivity contribution in [2.24, 2.45) is 0 Å². The van der Waals surface area contributed by atoms with Crippen molar-refractivity contribution in [1.29, 1.82) is 0 Å². The van der Waals surface area contributed by atoms with Gasteiger partial charge in [0.15, 0.2) is 0 Å². The molecule has 1 aliphatic carbocycles. The minimum Gasteiger partial charge on any atom is -0.0622 e. The molecule has 0 nitrogen and oxygen atoms in total. The van der Waals surface area contributed by atoms with Crippen LogP contribution in [0, 0.1) is 0 Å². The van der Waals surface area contributed by atoms with E-state index in [-0.39, 0.29) is 0 Å². The van der Waals surface area contributed by atoms with Gasteiger partial charge in [0.2, 0.25) is 0 Å². The molecule has 0 heterocycles. The number of hydrogen-bond acceptors (Lipinski definition) is 0. The fourth-order valence-electron chi connectivity index (χ4n) is 6.98. The maximum absolute atomic E-state index is 2.46. The molecular formula is C40H24. The average molecular weight is 505 g/mol. The summed E-state index contributed by atoms with van der Waals surface area (Å²) in [7, 11) is 0. The second-order valence-electron chi connectivity index (χ2n) is 10.9. The molecule has 0 N–H and O–H groups in total. The lowest BCUT2D eigenvalue weighted by atomic mass is 9.88. The quantitative estimate of drug-likeness (QED) is 0.205. The second-order valence-corrected chi connectivity index (χ2v) is 10.9. The van der Waals surface area contributed by atoms with Gasteiger partial charge in [0.25, 0.3) is 0 Å². The molecule has 0 atom stereocenters. The van der Waals surface area contributed by atoms with Gasteiger partial charge in [0.1, 0.15) is 0 Å². The summed E-state index contributed by atoms with van der Waals surface area (Å²) in [6.07, 6.45) is 0. The van der Waals surface area contributed by atoms with Crippen LogP contribution >= 0.6 is 0 Å². The topological polar surface area (TPSA) is 0 Å². The molecule has 0 spiro atoms. The lowest BCUT2D eigenvalue weighted by Gasteiger charge is -2.15. The summed E-state index contributed by atoms with van der Waals surface area (Å²) in [6, 6.07) is 53.7. The third kappa shape index (κ3) is 2.96. The van der Waals surface area contributed by atoms with Gasteiger partial charge in [-0.15, -0.1) is 0 Å². The van der Waals surface area contributed by atoms with E-state index in [1.807, 2.05) is 0 Å². The number of hydrogen-bond donors (Lipinski definition) is 0. The third-order valence-corrected chi connectivity index (χ3v) is 8.79. The van der Waals surface area contributed by atoms with E-state index in [0.29, 0.717) is 0 Å². The van der Waals surface area contributed by atoms with Crippen LogP contribution in [0.4, 0.5) is 0 Å². The van der Waals surface area contributed by atoms with E-state index < -0.39 is 0 Å². The molecule has 8 aromatic rings. The Morgan fingerprint density at radius 3 is 1.52 bits per heavy atom. The maximum Gasteiger partial charge on any atom is -0.00199 e. The van der Waals surface area contributed by atoms with E-state index >= 15 is 0 Å². The minimum atomic E-state index is 1.25. The number of fused-ring (bicyclic) bond motifs is 8. The molecular weight excluding hydrogens is 480 g/mol. The minimum absolute atomic E-state index is 1.25. The Hall–Kier alpha value is -5.20. The fraction of sp³-hybridized carbons (Fsp3) is 0. The number of rotatable bonds is 2. The summed E-state index contributed by atoms with van der Waals surface area (Å²) in [4.78, 5) is 0. The highest BCUT2D eigenvalue weighted by Crippen LogP contribution is 2.52. The molecule has 0 saturated carbocycles. The first-order chi connectivity index (χ1) is 19.8. The first kappa shape index (κ1) is 21.7. The monoisotopic (exact) mass is 504 g/mol. The van der Waals surface area contributed by atoms with Gasteiger partial charge in [-0.3, -0.25) is 0 Å². The van der Waals surface area contributed by atoms with Gasteiger partial charge in [0.05, 0.1) is 0 Å². The van der Waals surface area contributed by atoms with Crippen molar-refractivity contribution in [3.63, 3.8) is 0 Å². The Morgan fingerprint density at radius 1 is 0.250 bits per heavy atom. The normalized spacial score (nSPS) is 12.0. The van der Waals surface area contributed by atoms with E-state index in [2.05, 4.69) is 146 Å². The lowest BCUT2D eigenvalue weighted by molar-refractivity contribution is 1.62. The third-order valence-electron chi connectivity index (χ3n) is 8.79. The predicted octanol–water partition coefficient (Wildman–Crippen LogP) is 11.3. The second kappa shape index (κ2) is 8.15. The zero-order valence-electron chi connectivity index (χ0n) is 21.9. The van der Waals surface area contributed by atoms with Crippen LogP contribution in [-0.4, -0.2) is 0 Å². The van der Waals surface area contributed by atoms with Gasteiger partial charge >= 0.3 is 0 Å². The Morgan fingerprint density at radius 2 is 0.825 bits per heavy atom. The van der Waals surface area contributed by atoms with Crippen molar-refractivity contribution in [3.8, 4) is 44.5 Å². The lowest BCUT2D eigenvalue weighted by Crippen LogP contribution is -1.88. The van der Waals surface area contributed by atoms with Crippen LogP contribution in [0.15, 0.2) is 146 Å². The smallest absolute Gasteiger partial charge is 0.00199 e. The van der Waals surface area contributed by atoms with E-state index in [1.165, 1.54) is 87.6 Å². The summed E-state index contributed by atoms with van der Waals surface area (Å²) in [5.41, 5.74) is 10.4. The highest BCUT2D eigenvalue weighted by Gasteiger charge is 2.25. The van der Waals surface area contributed by atoms with Crippen molar-refractivity contribution in [2.45, 2.75) is 0 Å². The van der Waals surface area contributed by atoms with Gasteiger partial charge in [-0.1, -0.05) is 127 Å². The first-order valence-corrected chi connectivity index (χ1v) is 13.9. The Labute approximate surface area is 232 Å². The molecule has 9 rings (SSSR count). The molecule has 0 aliphatic heterocycles. The van der Waals surface area contributed by atoms with Gasteiger partial charge < -0.3 is 0 Å². The summed E-state index contributed by atoms with van der Waals surface area (Å²) in [6.45, 7) is 0. The molecule has 8 aromatic carbocycles. The van der Waals surface area contributed by atoms with E-state index in [4.69, 9.17) is 0 Å². The molecule has 40 heavy (non-hydrogen) atoms. The van der Waals surface area contributed by atoms with Crippen LogP contribution in [0.2, 0.25) is 0 Å². The molecule has 0 fully saturated rings. The molecule has 0 heteroatoms. The molecule has 0 amide bonds. The molecule has 0 saturated heterocycles. The molecule has 184 valence electrons. The summed E-state index contributed by atoms with van der Waals surface area (Å²) in [5, 5.41) is 10.6. The van der Waals surface area contributed by atoms with Gasteiger partial charge in [-0.2, -0.15) is 0 Å². The van der Waals surface area contributed by atoms with Crippen LogP contribution in [0.25, 0.3) is 87.6 Å². The first-order valence-electron chi connectivity index (χ1n) is 13.9. The van der Waals surface area contributed by atoms with Gasteiger partial charge in [-0.05, 0) is 106 Å². The van der Waals surface area contributed by atoms with Crippen molar-refractivity contribution in [2.75, 3.05) is 0 Å². The van der Waals surface area contributed by atoms with E-state index in [0.717, 1.165) is 0 Å². The van der Waals surface area contributed by atoms with Crippen molar-refractivity contribution < 1.29 is 0 Å². The highest BCUT2D eigenvalue weighted by molar-refractivity contribution is 6.28. The van der Waals surface area contributed by atoms with E-state index in [9.17, 15) is 0 Å². The van der Waals surface area contributed by atoms with E-state index in [1.54, 1.807) is 0 Å². The standard InChI is InChI=1S/C40H24/c1-3-10-25(11-4-1)29-20-21-30(26-12-5-2-6-13-26)36-23-38-37(22-35(29)36)33-17-9-16-32-31-19-18-27-14-7-8-15-28(27)34(31)24-39(38)40(32)33/h1-24H. The van der Waals surface area contributed by atoms with Crippen LogP contribution in [0.3, 0.4) is 0 Å². The van der Waals surface area contributed by atoms with Gasteiger partial charge in [-0.25, -0.2) is 0 Å². The van der Waals surface area contributed by atoms with Crippen LogP contribution in [0.5, 0.6) is 0 Å². The molecule has 1 aliphatic rings. The largest absolute Gasteiger partial charge is 0.0622 e.